The molecule has 7 nitrogen and oxygen atoms in total. The number of aliphatic carboxylic acids is 1. The fraction of sp³-hybridized carbons (Fsp3) is 0.529. The van der Waals surface area contributed by atoms with Crippen LogP contribution in [0.2, 0.25) is 0 Å². The van der Waals surface area contributed by atoms with E-state index in [1.165, 1.54) is 6.07 Å². The maximum absolute atomic E-state index is 12.4. The Bertz CT molecular complexity index is 659. The zero-order valence-corrected chi connectivity index (χ0v) is 14.7. The second-order valence-corrected chi connectivity index (χ2v) is 7.47. The lowest BCUT2D eigenvalue weighted by Crippen LogP contribution is -2.43. The van der Waals surface area contributed by atoms with Crippen LogP contribution in [0.3, 0.4) is 0 Å². The van der Waals surface area contributed by atoms with Gasteiger partial charge >= 0.3 is 5.97 Å². The number of benzene rings is 1. The molecule has 0 aliphatic carbocycles. The van der Waals surface area contributed by atoms with Crippen LogP contribution >= 0.6 is 0 Å². The van der Waals surface area contributed by atoms with Crippen LogP contribution in [0.5, 0.6) is 0 Å². The van der Waals surface area contributed by atoms with Crippen LogP contribution in [0.1, 0.15) is 63.4 Å². The van der Waals surface area contributed by atoms with E-state index in [-0.39, 0.29) is 24.1 Å². The number of nitro benzene ring substituents is 1. The van der Waals surface area contributed by atoms with Gasteiger partial charge < -0.3 is 10.4 Å². The quantitative estimate of drug-likeness (QED) is 0.612. The minimum atomic E-state index is -0.942. The Morgan fingerprint density at radius 2 is 1.79 bits per heavy atom. The standard InChI is InChI=1S/C17H24N2O5/c1-16(2,3)12-7-6-11(10-13(12)19(23)24)15(22)18-17(4,5)9-8-14(20)21/h6-7,10H,8-9H2,1-5H3,(H,18,22)(H,20,21). The van der Waals surface area contributed by atoms with Gasteiger partial charge in [0.05, 0.1) is 4.92 Å². The molecule has 0 bridgehead atoms. The van der Waals surface area contributed by atoms with Crippen molar-refractivity contribution in [3.8, 4) is 0 Å². The monoisotopic (exact) mass is 336 g/mol. The number of carbonyl (C=O) groups excluding carboxylic acids is 1. The zero-order valence-electron chi connectivity index (χ0n) is 14.7. The molecule has 0 saturated carbocycles. The van der Waals surface area contributed by atoms with Gasteiger partial charge in [-0.25, -0.2) is 0 Å². The summed E-state index contributed by atoms with van der Waals surface area (Å²) in [6.45, 7) is 9.02. The summed E-state index contributed by atoms with van der Waals surface area (Å²) in [7, 11) is 0. The topological polar surface area (TPSA) is 110 Å². The maximum Gasteiger partial charge on any atom is 0.303 e. The van der Waals surface area contributed by atoms with Crippen molar-refractivity contribution in [3.05, 3.63) is 39.4 Å². The van der Waals surface area contributed by atoms with E-state index in [0.717, 1.165) is 0 Å². The van der Waals surface area contributed by atoms with Crippen molar-refractivity contribution in [1.82, 2.24) is 5.32 Å². The molecule has 7 heteroatoms. The third kappa shape index (κ3) is 5.33. The fourth-order valence-electron chi connectivity index (χ4n) is 2.32. The van der Waals surface area contributed by atoms with E-state index in [2.05, 4.69) is 5.32 Å². The van der Waals surface area contributed by atoms with Crippen LogP contribution in [0.25, 0.3) is 0 Å². The average molecular weight is 336 g/mol. The molecule has 24 heavy (non-hydrogen) atoms. The first kappa shape index (κ1) is 19.6. The number of amides is 1. The molecule has 0 heterocycles. The molecule has 0 atom stereocenters. The van der Waals surface area contributed by atoms with Gasteiger partial charge in [0.25, 0.3) is 11.6 Å². The van der Waals surface area contributed by atoms with Gasteiger partial charge in [-0.15, -0.1) is 0 Å². The van der Waals surface area contributed by atoms with Crippen molar-refractivity contribution >= 4 is 17.6 Å². The number of carbonyl (C=O) groups is 2. The number of nitrogens with zero attached hydrogens (tertiary/aromatic N) is 1. The first-order valence-corrected chi connectivity index (χ1v) is 7.67. The van der Waals surface area contributed by atoms with Crippen LogP contribution in [0.15, 0.2) is 18.2 Å². The van der Waals surface area contributed by atoms with Gasteiger partial charge in [-0.2, -0.15) is 0 Å². The predicted molar refractivity (Wildman–Crippen MR) is 90.2 cm³/mol. The maximum atomic E-state index is 12.4. The van der Waals surface area contributed by atoms with Gasteiger partial charge in [-0.3, -0.25) is 19.7 Å². The van der Waals surface area contributed by atoms with Crippen molar-refractivity contribution in [2.45, 2.75) is 58.4 Å². The predicted octanol–water partition coefficient (Wildman–Crippen LogP) is 3.27. The van der Waals surface area contributed by atoms with Crippen molar-refractivity contribution in [2.24, 2.45) is 0 Å². The van der Waals surface area contributed by atoms with Crippen molar-refractivity contribution in [2.75, 3.05) is 0 Å². The lowest BCUT2D eigenvalue weighted by molar-refractivity contribution is -0.386. The lowest BCUT2D eigenvalue weighted by Gasteiger charge is -2.26. The molecule has 1 aromatic carbocycles. The molecule has 0 saturated heterocycles. The Hall–Kier alpha value is -2.44. The normalized spacial score (nSPS) is 11.9. The van der Waals surface area contributed by atoms with Crippen LogP contribution < -0.4 is 5.32 Å². The molecule has 1 aromatic rings. The molecule has 0 aliphatic heterocycles. The molecule has 0 aliphatic rings. The van der Waals surface area contributed by atoms with E-state index >= 15 is 0 Å². The molecule has 0 fully saturated rings. The van der Waals surface area contributed by atoms with Gasteiger partial charge in [-0.1, -0.05) is 26.8 Å². The van der Waals surface area contributed by atoms with E-state index in [1.54, 1.807) is 26.0 Å². The molecule has 0 spiro atoms. The summed E-state index contributed by atoms with van der Waals surface area (Å²) in [5.41, 5.74) is -0.517. The summed E-state index contributed by atoms with van der Waals surface area (Å²) in [5.74, 6) is -1.41. The molecule has 0 unspecified atom stereocenters. The molecular formula is C17H24N2O5. The Morgan fingerprint density at radius 1 is 1.21 bits per heavy atom. The molecule has 1 amide bonds. The van der Waals surface area contributed by atoms with E-state index in [4.69, 9.17) is 5.11 Å². The number of carboxylic acids is 1. The molecule has 132 valence electrons. The van der Waals surface area contributed by atoms with E-state index in [0.29, 0.717) is 5.56 Å². The second kappa shape index (κ2) is 6.98. The van der Waals surface area contributed by atoms with Gasteiger partial charge in [0, 0.05) is 29.2 Å². The zero-order chi connectivity index (χ0) is 18.7. The number of rotatable bonds is 6. The highest BCUT2D eigenvalue weighted by atomic mass is 16.6. The Kier molecular flexibility index (Phi) is 5.71. The van der Waals surface area contributed by atoms with E-state index < -0.39 is 27.8 Å². The average Bonchev–Trinajstić information content (AvgIpc) is 2.43. The summed E-state index contributed by atoms with van der Waals surface area (Å²) in [6.07, 6.45) is 0.187. The van der Waals surface area contributed by atoms with E-state index in [9.17, 15) is 19.7 Å². The van der Waals surface area contributed by atoms with Crippen molar-refractivity contribution < 1.29 is 19.6 Å². The second-order valence-electron chi connectivity index (χ2n) is 7.47. The summed E-state index contributed by atoms with van der Waals surface area (Å²) >= 11 is 0. The van der Waals surface area contributed by atoms with Crippen LogP contribution in [-0.2, 0) is 10.2 Å². The minimum Gasteiger partial charge on any atom is -0.481 e. The molecule has 1 rings (SSSR count). The molecular weight excluding hydrogens is 312 g/mol. The number of carboxylic acid groups (broad SMARTS) is 1. The Labute approximate surface area is 141 Å². The smallest absolute Gasteiger partial charge is 0.303 e. The highest BCUT2D eigenvalue weighted by Crippen LogP contribution is 2.32. The van der Waals surface area contributed by atoms with Crippen LogP contribution in [-0.4, -0.2) is 27.4 Å². The Balaban J connectivity index is 3.06. The summed E-state index contributed by atoms with van der Waals surface area (Å²) < 4.78 is 0. The highest BCUT2D eigenvalue weighted by Gasteiger charge is 2.27. The van der Waals surface area contributed by atoms with Crippen molar-refractivity contribution in [3.63, 3.8) is 0 Å². The number of nitrogens with one attached hydrogen (secondary N) is 1. The van der Waals surface area contributed by atoms with Gasteiger partial charge in [0.1, 0.15) is 0 Å². The third-order valence-electron chi connectivity index (χ3n) is 3.68. The van der Waals surface area contributed by atoms with Gasteiger partial charge in [-0.05, 0) is 31.7 Å². The SMILES string of the molecule is CC(C)(CCC(=O)O)NC(=O)c1ccc(C(C)(C)C)c([N+](=O)[O-])c1. The van der Waals surface area contributed by atoms with Gasteiger partial charge in [0.2, 0.25) is 0 Å². The van der Waals surface area contributed by atoms with Gasteiger partial charge in [0.15, 0.2) is 0 Å². The number of nitro groups is 1. The Morgan fingerprint density at radius 3 is 2.25 bits per heavy atom. The van der Waals surface area contributed by atoms with Crippen molar-refractivity contribution in [1.29, 1.82) is 0 Å². The van der Waals surface area contributed by atoms with Crippen LogP contribution in [0, 0.1) is 10.1 Å². The fourth-order valence-corrected chi connectivity index (χ4v) is 2.32. The molecule has 0 aromatic heterocycles. The van der Waals surface area contributed by atoms with E-state index in [1.807, 2.05) is 20.8 Å². The highest BCUT2D eigenvalue weighted by molar-refractivity contribution is 5.95. The number of hydrogen-bond donors (Lipinski definition) is 2. The lowest BCUT2D eigenvalue weighted by atomic mass is 9.85. The molecule has 0 radical (unpaired) electrons. The largest absolute Gasteiger partial charge is 0.481 e. The first-order valence-electron chi connectivity index (χ1n) is 7.67. The third-order valence-corrected chi connectivity index (χ3v) is 3.68. The summed E-state index contributed by atoms with van der Waals surface area (Å²) in [4.78, 5) is 33.8. The van der Waals surface area contributed by atoms with Crippen LogP contribution in [0.4, 0.5) is 5.69 Å². The number of hydrogen-bond acceptors (Lipinski definition) is 4. The molecule has 2 N–H and O–H groups in total. The summed E-state index contributed by atoms with van der Waals surface area (Å²) in [5, 5.41) is 22.8. The minimum absolute atomic E-state index is 0.0730. The summed E-state index contributed by atoms with van der Waals surface area (Å²) in [6, 6.07) is 4.41. The first-order chi connectivity index (χ1) is 10.8.